The molecule has 98 valence electrons. The van der Waals surface area contributed by atoms with E-state index in [9.17, 15) is 4.79 Å². The number of ether oxygens (including phenoxy) is 1. The second-order valence-electron chi connectivity index (χ2n) is 5.06. The lowest BCUT2D eigenvalue weighted by molar-refractivity contribution is 0.0293. The number of hydrogen-bond acceptors (Lipinski definition) is 5. The van der Waals surface area contributed by atoms with Gasteiger partial charge in [-0.1, -0.05) is 5.16 Å². The van der Waals surface area contributed by atoms with E-state index in [0.29, 0.717) is 19.6 Å². The summed E-state index contributed by atoms with van der Waals surface area (Å²) in [6.45, 7) is 6.92. The minimum Gasteiger partial charge on any atom is -0.444 e. The normalized spacial score (nSPS) is 23.0. The molecule has 1 unspecified atom stereocenters. The quantitative estimate of drug-likeness (QED) is 0.728. The second kappa shape index (κ2) is 5.35. The van der Waals surface area contributed by atoms with Gasteiger partial charge in [0.15, 0.2) is 0 Å². The standard InChI is InChI=1S/C11H21N3O3/c1-11(2,3)17-10(15)14-6-8(5-12)9(7-14)13-16-4/h8H,5-7,12H2,1-4H3/b13-9+. The molecular formula is C11H21N3O3. The molecule has 0 saturated carbocycles. The molecule has 0 aromatic heterocycles. The van der Waals surface area contributed by atoms with E-state index in [1.54, 1.807) is 4.90 Å². The Kier molecular flexibility index (Phi) is 4.34. The lowest BCUT2D eigenvalue weighted by Gasteiger charge is -2.24. The van der Waals surface area contributed by atoms with Crippen molar-refractivity contribution in [2.45, 2.75) is 26.4 Å². The molecule has 1 saturated heterocycles. The smallest absolute Gasteiger partial charge is 0.410 e. The molecule has 1 fully saturated rings. The highest BCUT2D eigenvalue weighted by Gasteiger charge is 2.34. The molecule has 17 heavy (non-hydrogen) atoms. The van der Waals surface area contributed by atoms with E-state index in [4.69, 9.17) is 15.3 Å². The van der Waals surface area contributed by atoms with Crippen molar-refractivity contribution in [3.05, 3.63) is 0 Å². The van der Waals surface area contributed by atoms with Gasteiger partial charge in [0.2, 0.25) is 0 Å². The van der Waals surface area contributed by atoms with Gasteiger partial charge in [-0.3, -0.25) is 0 Å². The summed E-state index contributed by atoms with van der Waals surface area (Å²) in [6.07, 6.45) is -0.336. The molecule has 0 aromatic rings. The van der Waals surface area contributed by atoms with Crippen LogP contribution in [0.5, 0.6) is 0 Å². The largest absolute Gasteiger partial charge is 0.444 e. The first-order valence-electron chi connectivity index (χ1n) is 5.65. The first-order valence-corrected chi connectivity index (χ1v) is 5.65. The number of nitrogens with two attached hydrogens (primary N) is 1. The van der Waals surface area contributed by atoms with Crippen LogP contribution in [0.4, 0.5) is 4.79 Å². The average Bonchev–Trinajstić information content (AvgIpc) is 2.59. The van der Waals surface area contributed by atoms with Crippen LogP contribution in [0, 0.1) is 5.92 Å². The predicted octanol–water partition coefficient (Wildman–Crippen LogP) is 0.814. The number of likely N-dealkylation sites (tertiary alicyclic amines) is 1. The Morgan fingerprint density at radius 3 is 2.71 bits per heavy atom. The lowest BCUT2D eigenvalue weighted by Crippen LogP contribution is -2.35. The summed E-state index contributed by atoms with van der Waals surface area (Å²) in [5.41, 5.74) is 5.93. The molecule has 6 nitrogen and oxygen atoms in total. The van der Waals surface area contributed by atoms with Crippen molar-refractivity contribution in [1.29, 1.82) is 0 Å². The number of carbonyl (C=O) groups is 1. The van der Waals surface area contributed by atoms with Crippen LogP contribution >= 0.6 is 0 Å². The van der Waals surface area contributed by atoms with Crippen LogP contribution in [-0.4, -0.2) is 49.0 Å². The summed E-state index contributed by atoms with van der Waals surface area (Å²) < 4.78 is 5.29. The van der Waals surface area contributed by atoms with E-state index in [1.165, 1.54) is 7.11 Å². The zero-order chi connectivity index (χ0) is 13.1. The van der Waals surface area contributed by atoms with E-state index >= 15 is 0 Å². The fraction of sp³-hybridized carbons (Fsp3) is 0.818. The van der Waals surface area contributed by atoms with Crippen LogP contribution in [-0.2, 0) is 9.57 Å². The average molecular weight is 243 g/mol. The number of amides is 1. The van der Waals surface area contributed by atoms with Gasteiger partial charge in [-0.15, -0.1) is 0 Å². The lowest BCUT2D eigenvalue weighted by atomic mass is 10.1. The predicted molar refractivity (Wildman–Crippen MR) is 64.8 cm³/mol. The van der Waals surface area contributed by atoms with Gasteiger partial charge in [0.25, 0.3) is 0 Å². The summed E-state index contributed by atoms with van der Waals surface area (Å²) in [5, 5.41) is 3.89. The molecule has 1 heterocycles. The molecule has 1 rings (SSSR count). The monoisotopic (exact) mass is 243 g/mol. The maximum Gasteiger partial charge on any atom is 0.410 e. The summed E-state index contributed by atoms with van der Waals surface area (Å²) >= 11 is 0. The van der Waals surface area contributed by atoms with E-state index < -0.39 is 5.60 Å². The molecule has 0 bridgehead atoms. The second-order valence-corrected chi connectivity index (χ2v) is 5.06. The van der Waals surface area contributed by atoms with Crippen molar-refractivity contribution in [2.75, 3.05) is 26.7 Å². The van der Waals surface area contributed by atoms with Crippen molar-refractivity contribution in [1.82, 2.24) is 4.90 Å². The number of hydrogen-bond donors (Lipinski definition) is 1. The van der Waals surface area contributed by atoms with E-state index in [2.05, 4.69) is 5.16 Å². The van der Waals surface area contributed by atoms with Crippen LogP contribution in [0.2, 0.25) is 0 Å². The van der Waals surface area contributed by atoms with Gasteiger partial charge >= 0.3 is 6.09 Å². The molecule has 1 aliphatic rings. The van der Waals surface area contributed by atoms with E-state index in [1.807, 2.05) is 20.8 Å². The molecule has 1 amide bonds. The summed E-state index contributed by atoms with van der Waals surface area (Å²) in [4.78, 5) is 18.2. The van der Waals surface area contributed by atoms with Gasteiger partial charge in [-0.25, -0.2) is 4.79 Å². The third-order valence-electron chi connectivity index (χ3n) is 2.41. The first-order chi connectivity index (χ1) is 7.87. The molecule has 1 atom stereocenters. The highest BCUT2D eigenvalue weighted by atomic mass is 16.6. The fourth-order valence-electron chi connectivity index (χ4n) is 1.66. The maximum absolute atomic E-state index is 11.8. The van der Waals surface area contributed by atoms with E-state index in [-0.39, 0.29) is 12.0 Å². The highest BCUT2D eigenvalue weighted by molar-refractivity contribution is 5.93. The molecule has 0 aromatic carbocycles. The molecule has 0 spiro atoms. The third-order valence-corrected chi connectivity index (χ3v) is 2.41. The number of rotatable bonds is 2. The molecule has 6 heteroatoms. The zero-order valence-corrected chi connectivity index (χ0v) is 10.9. The number of oxime groups is 1. The van der Waals surface area contributed by atoms with Crippen molar-refractivity contribution in [3.63, 3.8) is 0 Å². The van der Waals surface area contributed by atoms with Crippen LogP contribution in [0.15, 0.2) is 5.16 Å². The zero-order valence-electron chi connectivity index (χ0n) is 10.9. The minimum atomic E-state index is -0.490. The Morgan fingerprint density at radius 1 is 1.59 bits per heavy atom. The van der Waals surface area contributed by atoms with Crippen molar-refractivity contribution in [2.24, 2.45) is 16.8 Å². The topological polar surface area (TPSA) is 77.1 Å². The van der Waals surface area contributed by atoms with Gasteiger partial charge in [0.05, 0.1) is 12.3 Å². The molecule has 2 N–H and O–H groups in total. The fourth-order valence-corrected chi connectivity index (χ4v) is 1.66. The molecule has 1 aliphatic heterocycles. The van der Waals surface area contributed by atoms with Crippen LogP contribution < -0.4 is 5.73 Å². The third kappa shape index (κ3) is 3.89. The number of nitrogens with zero attached hydrogens (tertiary/aromatic N) is 2. The Labute approximate surface area is 102 Å². The van der Waals surface area contributed by atoms with Gasteiger partial charge in [-0.05, 0) is 20.8 Å². The molecule has 0 aliphatic carbocycles. The summed E-state index contributed by atoms with van der Waals surface area (Å²) in [5.74, 6) is 0.0578. The number of carbonyl (C=O) groups excluding carboxylic acids is 1. The van der Waals surface area contributed by atoms with Gasteiger partial charge in [0.1, 0.15) is 12.7 Å². The Hall–Kier alpha value is -1.30. The molecular weight excluding hydrogens is 222 g/mol. The van der Waals surface area contributed by atoms with E-state index in [0.717, 1.165) is 5.71 Å². The maximum atomic E-state index is 11.8. The molecule has 0 radical (unpaired) electrons. The van der Waals surface area contributed by atoms with Crippen molar-refractivity contribution >= 4 is 11.8 Å². The van der Waals surface area contributed by atoms with Crippen molar-refractivity contribution < 1.29 is 14.4 Å². The minimum absolute atomic E-state index is 0.0578. The summed E-state index contributed by atoms with van der Waals surface area (Å²) in [7, 11) is 1.48. The van der Waals surface area contributed by atoms with Crippen molar-refractivity contribution in [3.8, 4) is 0 Å². The van der Waals surface area contributed by atoms with Crippen LogP contribution in [0.25, 0.3) is 0 Å². The SMILES string of the molecule is CO/N=C1\CN(C(=O)OC(C)(C)C)CC1CN. The summed E-state index contributed by atoms with van der Waals surface area (Å²) in [6, 6.07) is 0. The van der Waals surface area contributed by atoms with Gasteiger partial charge in [-0.2, -0.15) is 0 Å². The van der Waals surface area contributed by atoms with Crippen LogP contribution in [0.3, 0.4) is 0 Å². The van der Waals surface area contributed by atoms with Gasteiger partial charge < -0.3 is 20.2 Å². The Balaban J connectivity index is 2.64. The van der Waals surface area contributed by atoms with Crippen LogP contribution in [0.1, 0.15) is 20.8 Å². The Bertz CT molecular complexity index is 310. The highest BCUT2D eigenvalue weighted by Crippen LogP contribution is 2.17. The Morgan fingerprint density at radius 2 is 2.24 bits per heavy atom. The first kappa shape index (κ1) is 13.8. The van der Waals surface area contributed by atoms with Gasteiger partial charge in [0, 0.05) is 19.0 Å².